The van der Waals surface area contributed by atoms with E-state index in [1.54, 1.807) is 0 Å². The molecule has 0 radical (unpaired) electrons. The van der Waals surface area contributed by atoms with Crippen molar-refractivity contribution >= 4 is 64.4 Å². The van der Waals surface area contributed by atoms with Gasteiger partial charge in [-0.25, -0.2) is 26.8 Å². The van der Waals surface area contributed by atoms with Gasteiger partial charge in [0.05, 0.1) is 22.9 Å². The van der Waals surface area contributed by atoms with Crippen LogP contribution in [0.25, 0.3) is 22.5 Å². The van der Waals surface area contributed by atoms with Gasteiger partial charge in [0.1, 0.15) is 9.49 Å². The van der Waals surface area contributed by atoms with Crippen LogP contribution < -0.4 is 10.6 Å². The normalized spacial score (nSPS) is 16.0. The summed E-state index contributed by atoms with van der Waals surface area (Å²) < 4.78 is 59.4. The summed E-state index contributed by atoms with van der Waals surface area (Å²) in [4.78, 5) is 36.8. The molecule has 4 aromatic rings. The van der Waals surface area contributed by atoms with Crippen LogP contribution in [0.1, 0.15) is 70.1 Å². The molecule has 2 fully saturated rings. The molecule has 0 aliphatic carbocycles. The van der Waals surface area contributed by atoms with Gasteiger partial charge in [-0.15, -0.1) is 22.7 Å². The fourth-order valence-corrected chi connectivity index (χ4v) is 11.6. The van der Waals surface area contributed by atoms with E-state index in [1.807, 2.05) is 74.5 Å². The average molecular weight is 859 g/mol. The highest BCUT2D eigenvalue weighted by atomic mass is 32.2. The van der Waals surface area contributed by atoms with E-state index in [0.29, 0.717) is 62.4 Å². The number of nitrogens with one attached hydrogen (secondary N) is 2. The van der Waals surface area contributed by atoms with Crippen molar-refractivity contribution in [2.75, 3.05) is 48.6 Å². The zero-order valence-corrected chi connectivity index (χ0v) is 36.8. The van der Waals surface area contributed by atoms with Crippen molar-refractivity contribution in [2.45, 2.75) is 83.1 Å². The van der Waals surface area contributed by atoms with Gasteiger partial charge in [0, 0.05) is 47.3 Å². The lowest BCUT2D eigenvalue weighted by Crippen LogP contribution is -2.47. The molecule has 0 atom stereocenters. The maximum Gasteiger partial charge on any atom is 0.247 e. The molecule has 16 heteroatoms. The fourth-order valence-electron chi connectivity index (χ4n) is 6.42. The van der Waals surface area contributed by atoms with Crippen LogP contribution in [-0.4, -0.2) is 86.0 Å². The molecule has 2 aliphatic rings. The molecule has 4 heterocycles. The third-order valence-corrected chi connectivity index (χ3v) is 17.9. The number of aryl methyl sites for hydroxylation is 2. The summed E-state index contributed by atoms with van der Waals surface area (Å²) in [6, 6.07) is 19.5. The average Bonchev–Trinajstić information content (AvgIpc) is 3.78. The second-order valence-electron chi connectivity index (χ2n) is 15.4. The minimum Gasteiger partial charge on any atom is -0.381 e. The van der Waals surface area contributed by atoms with E-state index in [0.717, 1.165) is 38.7 Å². The van der Waals surface area contributed by atoms with Crippen molar-refractivity contribution in [3.63, 3.8) is 0 Å². The Morgan fingerprint density at radius 3 is 1.47 bits per heavy atom. The molecule has 2 aromatic carbocycles. The first-order valence-corrected chi connectivity index (χ1v) is 24.2. The van der Waals surface area contributed by atoms with Gasteiger partial charge in [-0.05, 0) is 78.6 Å². The number of sulfone groups is 2. The predicted molar refractivity (Wildman–Crippen MR) is 229 cm³/mol. The summed E-state index contributed by atoms with van der Waals surface area (Å²) in [6.07, 6.45) is 3.63. The third-order valence-electron chi connectivity index (χ3n) is 10.6. The Bertz CT molecular complexity index is 2190. The van der Waals surface area contributed by atoms with Gasteiger partial charge in [-0.2, -0.15) is 0 Å². The second-order valence-corrected chi connectivity index (χ2v) is 22.9. The summed E-state index contributed by atoms with van der Waals surface area (Å²) >= 11 is 2.74. The Morgan fingerprint density at radius 1 is 0.667 bits per heavy atom. The van der Waals surface area contributed by atoms with Gasteiger partial charge < -0.3 is 20.1 Å². The number of thiazole rings is 2. The number of hydrogen-bond donors (Lipinski definition) is 2. The van der Waals surface area contributed by atoms with Crippen molar-refractivity contribution in [3.8, 4) is 22.5 Å². The topological polar surface area (TPSA) is 171 Å². The highest BCUT2D eigenvalue weighted by molar-refractivity contribution is 7.93. The second kappa shape index (κ2) is 19.0. The van der Waals surface area contributed by atoms with E-state index in [9.17, 15) is 26.4 Å². The summed E-state index contributed by atoms with van der Waals surface area (Å²) in [5, 5.41) is 6.32. The standard InChI is InChI=1S/C21H28N2O4S2.C20H26N2O4S2/c1-4-17-18(16-8-6-5-7-9-16)22-20(28-17)23-19(24)21(2,3)29(25,26)14-15-10-12-27-13-11-15;1-14-17(16-7-5-4-6-8-16)21-19(27-14)22-18(23)20(2,3)28(24,25)13-15-9-11-26-12-10-15/h5-9,15H,4,10-14H2,1-3H3,(H,22,23,24);4-8,15H,9-13H2,1-3H3,(H,21,22,23). The van der Waals surface area contributed by atoms with Crippen LogP contribution in [-0.2, 0) is 45.2 Å². The van der Waals surface area contributed by atoms with Crippen molar-refractivity contribution in [1.29, 1.82) is 0 Å². The Kier molecular flexibility index (Phi) is 14.9. The van der Waals surface area contributed by atoms with Crippen LogP contribution in [0.2, 0.25) is 0 Å². The Morgan fingerprint density at radius 2 is 1.05 bits per heavy atom. The fraction of sp³-hybridized carbons (Fsp3) is 0.512. The van der Waals surface area contributed by atoms with Crippen LogP contribution in [0.15, 0.2) is 60.7 Å². The molecule has 57 heavy (non-hydrogen) atoms. The van der Waals surface area contributed by atoms with Crippen molar-refractivity contribution in [1.82, 2.24) is 9.97 Å². The molecule has 2 aromatic heterocycles. The number of rotatable bonds is 13. The number of benzene rings is 2. The molecule has 12 nitrogen and oxygen atoms in total. The monoisotopic (exact) mass is 858 g/mol. The van der Waals surface area contributed by atoms with Crippen LogP contribution in [0, 0.1) is 18.8 Å². The SMILES string of the molecule is CCc1sc(NC(=O)C(C)(C)S(=O)(=O)CC2CCOCC2)nc1-c1ccccc1.Cc1sc(NC(=O)C(C)(C)S(=O)(=O)CC2CCOCC2)nc1-c1ccccc1. The zero-order valence-electron chi connectivity index (χ0n) is 33.5. The van der Waals surface area contributed by atoms with E-state index in [-0.39, 0.29) is 23.3 Å². The van der Waals surface area contributed by atoms with Crippen molar-refractivity contribution < 1.29 is 35.9 Å². The lowest BCUT2D eigenvalue weighted by Gasteiger charge is -2.28. The number of ether oxygens (including phenoxy) is 2. The first-order chi connectivity index (χ1) is 26.9. The van der Waals surface area contributed by atoms with Crippen LogP contribution >= 0.6 is 22.7 Å². The molecule has 0 unspecified atom stereocenters. The molecule has 2 amide bonds. The molecule has 2 N–H and O–H groups in total. The largest absolute Gasteiger partial charge is 0.381 e. The number of aromatic nitrogens is 2. The van der Waals surface area contributed by atoms with Crippen LogP contribution in [0.5, 0.6) is 0 Å². The minimum atomic E-state index is -3.63. The van der Waals surface area contributed by atoms with Crippen molar-refractivity contribution in [2.24, 2.45) is 11.8 Å². The van der Waals surface area contributed by atoms with Gasteiger partial charge in [-0.3, -0.25) is 9.59 Å². The molecule has 2 aliphatic heterocycles. The van der Waals surface area contributed by atoms with Gasteiger partial charge in [0.25, 0.3) is 0 Å². The maximum absolute atomic E-state index is 13.0. The van der Waals surface area contributed by atoms with Crippen LogP contribution in [0.3, 0.4) is 0 Å². The van der Waals surface area contributed by atoms with Gasteiger partial charge >= 0.3 is 0 Å². The van der Waals surface area contributed by atoms with Gasteiger partial charge in [0.15, 0.2) is 29.9 Å². The molecule has 310 valence electrons. The number of carbonyl (C=O) groups is 2. The maximum atomic E-state index is 13.0. The molecule has 0 saturated carbocycles. The zero-order chi connectivity index (χ0) is 41.4. The van der Waals surface area contributed by atoms with Gasteiger partial charge in [-0.1, -0.05) is 67.6 Å². The predicted octanol–water partition coefficient (Wildman–Crippen LogP) is 7.61. The molecule has 2 saturated heterocycles. The quantitative estimate of drug-likeness (QED) is 0.136. The molecule has 0 spiro atoms. The van der Waals surface area contributed by atoms with E-state index in [2.05, 4.69) is 20.6 Å². The summed E-state index contributed by atoms with van der Waals surface area (Å²) in [5.41, 5.74) is 3.57. The Hall–Kier alpha value is -3.54. The summed E-state index contributed by atoms with van der Waals surface area (Å²) in [7, 11) is -7.26. The lowest BCUT2D eigenvalue weighted by atomic mass is 10.0. The Balaban J connectivity index is 0.000000218. The molecule has 0 bridgehead atoms. The van der Waals surface area contributed by atoms with E-state index < -0.39 is 41.0 Å². The highest BCUT2D eigenvalue weighted by Crippen LogP contribution is 2.34. The van der Waals surface area contributed by atoms with E-state index >= 15 is 0 Å². The smallest absolute Gasteiger partial charge is 0.247 e. The van der Waals surface area contributed by atoms with E-state index in [1.165, 1.54) is 50.4 Å². The third kappa shape index (κ3) is 10.9. The molecule has 6 rings (SSSR count). The Labute approximate surface area is 345 Å². The summed E-state index contributed by atoms with van der Waals surface area (Å²) in [6.45, 7) is 12.2. The van der Waals surface area contributed by atoms with Crippen LogP contribution in [0.4, 0.5) is 10.3 Å². The first-order valence-electron chi connectivity index (χ1n) is 19.3. The summed E-state index contributed by atoms with van der Waals surface area (Å²) in [5.74, 6) is -1.00. The van der Waals surface area contributed by atoms with E-state index in [4.69, 9.17) is 9.47 Å². The minimum absolute atomic E-state index is 0.00292. The number of hydrogen-bond acceptors (Lipinski definition) is 12. The number of anilines is 2. The highest BCUT2D eigenvalue weighted by Gasteiger charge is 2.44. The first kappa shape index (κ1) is 44.6. The molecular formula is C41H54N4O8S4. The van der Waals surface area contributed by atoms with Crippen molar-refractivity contribution in [3.05, 3.63) is 70.4 Å². The number of amides is 2. The van der Waals surface area contributed by atoms with Gasteiger partial charge in [0.2, 0.25) is 11.8 Å². The lowest BCUT2D eigenvalue weighted by molar-refractivity contribution is -0.118. The number of nitrogens with zero attached hydrogens (tertiary/aromatic N) is 2. The molecular weight excluding hydrogens is 805 g/mol. The number of carbonyl (C=O) groups excluding carboxylic acids is 2.